The second-order valence-electron chi connectivity index (χ2n) is 4.38. The lowest BCUT2D eigenvalue weighted by Crippen LogP contribution is -2.07. The summed E-state index contributed by atoms with van der Waals surface area (Å²) >= 11 is 0. The molecule has 20 heavy (non-hydrogen) atoms. The maximum absolute atomic E-state index is 13.1. The van der Waals surface area contributed by atoms with E-state index in [1.807, 2.05) is 0 Å². The van der Waals surface area contributed by atoms with Crippen molar-refractivity contribution in [3.63, 3.8) is 0 Å². The average Bonchev–Trinajstić information content (AvgIpc) is 2.42. The van der Waals surface area contributed by atoms with Crippen molar-refractivity contribution in [2.75, 3.05) is 18.2 Å². The van der Waals surface area contributed by atoms with Gasteiger partial charge in [0.2, 0.25) is 0 Å². The number of halogens is 1. The van der Waals surface area contributed by atoms with E-state index in [4.69, 9.17) is 10.5 Å². The zero-order valence-corrected chi connectivity index (χ0v) is 11.2. The fraction of sp³-hybridized carbons (Fsp3) is 0.133. The Labute approximate surface area is 116 Å². The second-order valence-corrected chi connectivity index (χ2v) is 4.38. The SMILES string of the molecule is COC(=O)c1cc(N)ccc1Nc1ccc(F)cc1C. The molecule has 3 N–H and O–H groups in total. The minimum atomic E-state index is -0.487. The molecule has 0 heterocycles. The van der Waals surface area contributed by atoms with Crippen LogP contribution in [0.15, 0.2) is 36.4 Å². The van der Waals surface area contributed by atoms with E-state index in [9.17, 15) is 9.18 Å². The smallest absolute Gasteiger partial charge is 0.340 e. The molecule has 0 saturated carbocycles. The van der Waals surface area contributed by atoms with Crippen LogP contribution in [-0.2, 0) is 4.74 Å². The molecule has 5 heteroatoms. The highest BCUT2D eigenvalue weighted by molar-refractivity contribution is 5.97. The van der Waals surface area contributed by atoms with Gasteiger partial charge in [0.1, 0.15) is 5.82 Å². The Bertz CT molecular complexity index is 656. The first-order valence-corrected chi connectivity index (χ1v) is 6.02. The van der Waals surface area contributed by atoms with Crippen molar-refractivity contribution < 1.29 is 13.9 Å². The molecule has 0 fully saturated rings. The molecule has 0 aromatic heterocycles. The Hall–Kier alpha value is -2.56. The number of hydrogen-bond donors (Lipinski definition) is 2. The van der Waals surface area contributed by atoms with E-state index < -0.39 is 5.97 Å². The molecule has 0 aliphatic heterocycles. The summed E-state index contributed by atoms with van der Waals surface area (Å²) < 4.78 is 17.8. The van der Waals surface area contributed by atoms with E-state index in [1.165, 1.54) is 25.3 Å². The Morgan fingerprint density at radius 2 is 1.90 bits per heavy atom. The molecule has 2 aromatic rings. The van der Waals surface area contributed by atoms with Gasteiger partial charge in [-0.05, 0) is 48.9 Å². The zero-order chi connectivity index (χ0) is 14.7. The molecule has 0 radical (unpaired) electrons. The van der Waals surface area contributed by atoms with Gasteiger partial charge in [0.05, 0.1) is 18.4 Å². The van der Waals surface area contributed by atoms with Gasteiger partial charge in [-0.3, -0.25) is 0 Å². The zero-order valence-electron chi connectivity index (χ0n) is 11.2. The standard InChI is InChI=1S/C15H15FN2O2/c1-9-7-10(16)3-5-13(9)18-14-6-4-11(17)8-12(14)15(19)20-2/h3-8,18H,17H2,1-2H3. The van der Waals surface area contributed by atoms with Gasteiger partial charge in [0.15, 0.2) is 0 Å². The summed E-state index contributed by atoms with van der Waals surface area (Å²) in [4.78, 5) is 11.7. The number of ether oxygens (including phenoxy) is 1. The number of aryl methyl sites for hydroxylation is 1. The van der Waals surface area contributed by atoms with Gasteiger partial charge in [-0.15, -0.1) is 0 Å². The van der Waals surface area contributed by atoms with Gasteiger partial charge in [-0.25, -0.2) is 9.18 Å². The number of rotatable bonds is 3. The molecule has 0 spiro atoms. The van der Waals surface area contributed by atoms with Crippen molar-refractivity contribution in [1.82, 2.24) is 0 Å². The Morgan fingerprint density at radius 1 is 1.20 bits per heavy atom. The normalized spacial score (nSPS) is 10.2. The van der Waals surface area contributed by atoms with E-state index in [-0.39, 0.29) is 5.82 Å². The monoisotopic (exact) mass is 274 g/mol. The number of hydrogen-bond acceptors (Lipinski definition) is 4. The highest BCUT2D eigenvalue weighted by Gasteiger charge is 2.13. The predicted octanol–water partition coefficient (Wildman–Crippen LogP) is 3.25. The van der Waals surface area contributed by atoms with Crippen LogP contribution in [-0.4, -0.2) is 13.1 Å². The minimum Gasteiger partial charge on any atom is -0.465 e. The topological polar surface area (TPSA) is 64.3 Å². The van der Waals surface area contributed by atoms with Gasteiger partial charge in [0, 0.05) is 11.4 Å². The van der Waals surface area contributed by atoms with Crippen LogP contribution in [0.3, 0.4) is 0 Å². The van der Waals surface area contributed by atoms with Gasteiger partial charge < -0.3 is 15.8 Å². The molecule has 0 aliphatic rings. The lowest BCUT2D eigenvalue weighted by atomic mass is 10.1. The van der Waals surface area contributed by atoms with Crippen LogP contribution >= 0.6 is 0 Å². The molecule has 104 valence electrons. The number of anilines is 3. The van der Waals surface area contributed by atoms with Gasteiger partial charge in [0.25, 0.3) is 0 Å². The third-order valence-electron chi connectivity index (χ3n) is 2.91. The number of nitrogen functional groups attached to an aromatic ring is 1. The maximum Gasteiger partial charge on any atom is 0.340 e. The van der Waals surface area contributed by atoms with Crippen LogP contribution in [0.5, 0.6) is 0 Å². The Balaban J connectivity index is 2.40. The lowest BCUT2D eigenvalue weighted by molar-refractivity contribution is 0.0602. The number of nitrogens with two attached hydrogens (primary N) is 1. The van der Waals surface area contributed by atoms with E-state index in [2.05, 4.69) is 5.32 Å². The summed E-state index contributed by atoms with van der Waals surface area (Å²) in [6, 6.07) is 9.27. The number of benzene rings is 2. The fourth-order valence-corrected chi connectivity index (χ4v) is 1.86. The first kappa shape index (κ1) is 13.9. The molecule has 4 nitrogen and oxygen atoms in total. The third kappa shape index (κ3) is 2.88. The molecule has 0 bridgehead atoms. The van der Waals surface area contributed by atoms with Crippen LogP contribution in [0, 0.1) is 12.7 Å². The molecule has 2 aromatic carbocycles. The summed E-state index contributed by atoms with van der Waals surface area (Å²) in [6.45, 7) is 1.78. The highest BCUT2D eigenvalue weighted by atomic mass is 19.1. The molecule has 2 rings (SSSR count). The van der Waals surface area contributed by atoms with Crippen LogP contribution in [0.25, 0.3) is 0 Å². The number of methoxy groups -OCH3 is 1. The van der Waals surface area contributed by atoms with Crippen LogP contribution in [0.1, 0.15) is 15.9 Å². The van der Waals surface area contributed by atoms with Gasteiger partial charge >= 0.3 is 5.97 Å². The van der Waals surface area contributed by atoms with Crippen LogP contribution in [0.2, 0.25) is 0 Å². The van der Waals surface area contributed by atoms with Crippen molar-refractivity contribution in [3.8, 4) is 0 Å². The number of esters is 1. The lowest BCUT2D eigenvalue weighted by Gasteiger charge is -2.13. The number of carbonyl (C=O) groups excluding carboxylic acids is 1. The first-order chi connectivity index (χ1) is 9.51. The van der Waals surface area contributed by atoms with Crippen molar-refractivity contribution in [2.45, 2.75) is 6.92 Å². The Kier molecular flexibility index (Phi) is 3.89. The molecular weight excluding hydrogens is 259 g/mol. The van der Waals surface area contributed by atoms with E-state index in [1.54, 1.807) is 25.1 Å². The number of nitrogens with one attached hydrogen (secondary N) is 1. The predicted molar refractivity (Wildman–Crippen MR) is 76.6 cm³/mol. The largest absolute Gasteiger partial charge is 0.465 e. The van der Waals surface area contributed by atoms with Crippen molar-refractivity contribution in [3.05, 3.63) is 53.3 Å². The molecule has 0 unspecified atom stereocenters. The van der Waals surface area contributed by atoms with E-state index in [0.717, 1.165) is 5.56 Å². The van der Waals surface area contributed by atoms with Crippen LogP contribution in [0.4, 0.5) is 21.5 Å². The average molecular weight is 274 g/mol. The summed E-state index contributed by atoms with van der Waals surface area (Å²) in [7, 11) is 1.30. The molecule has 0 amide bonds. The van der Waals surface area contributed by atoms with Crippen molar-refractivity contribution >= 4 is 23.0 Å². The minimum absolute atomic E-state index is 0.307. The summed E-state index contributed by atoms with van der Waals surface area (Å²) in [5.41, 5.74) is 8.47. The summed E-state index contributed by atoms with van der Waals surface area (Å²) in [5.74, 6) is -0.793. The molecule has 0 atom stereocenters. The Morgan fingerprint density at radius 3 is 2.55 bits per heavy atom. The second kappa shape index (κ2) is 5.61. The highest BCUT2D eigenvalue weighted by Crippen LogP contribution is 2.26. The maximum atomic E-state index is 13.1. The number of carbonyl (C=O) groups is 1. The van der Waals surface area contributed by atoms with E-state index in [0.29, 0.717) is 22.6 Å². The fourth-order valence-electron chi connectivity index (χ4n) is 1.86. The molecule has 0 aliphatic carbocycles. The molecule has 0 saturated heterocycles. The quantitative estimate of drug-likeness (QED) is 0.666. The molecular formula is C15H15FN2O2. The third-order valence-corrected chi connectivity index (χ3v) is 2.91. The van der Waals surface area contributed by atoms with E-state index >= 15 is 0 Å². The van der Waals surface area contributed by atoms with Crippen molar-refractivity contribution in [1.29, 1.82) is 0 Å². The van der Waals surface area contributed by atoms with Gasteiger partial charge in [-0.1, -0.05) is 0 Å². The van der Waals surface area contributed by atoms with Gasteiger partial charge in [-0.2, -0.15) is 0 Å². The van der Waals surface area contributed by atoms with Crippen LogP contribution < -0.4 is 11.1 Å². The summed E-state index contributed by atoms with van der Waals surface area (Å²) in [6.07, 6.45) is 0. The first-order valence-electron chi connectivity index (χ1n) is 6.02. The summed E-state index contributed by atoms with van der Waals surface area (Å²) in [5, 5.41) is 3.09. The van der Waals surface area contributed by atoms with Crippen molar-refractivity contribution in [2.24, 2.45) is 0 Å².